The maximum atomic E-state index is 13.0. The lowest BCUT2D eigenvalue weighted by Crippen LogP contribution is -2.19. The number of amides is 1. The van der Waals surface area contributed by atoms with E-state index < -0.39 is 0 Å². The van der Waals surface area contributed by atoms with Crippen molar-refractivity contribution in [1.29, 1.82) is 0 Å². The first kappa shape index (κ1) is 16.2. The molecule has 122 valence electrons. The van der Waals surface area contributed by atoms with Crippen molar-refractivity contribution < 1.29 is 9.59 Å². The van der Waals surface area contributed by atoms with Crippen LogP contribution in [0.15, 0.2) is 60.7 Å². The average molecular weight is 319 g/mol. The van der Waals surface area contributed by atoms with Gasteiger partial charge in [-0.1, -0.05) is 36.4 Å². The fourth-order valence-electron chi connectivity index (χ4n) is 3.22. The molecule has 0 aliphatic heterocycles. The van der Waals surface area contributed by atoms with Gasteiger partial charge in [-0.05, 0) is 54.7 Å². The molecule has 0 saturated carbocycles. The summed E-state index contributed by atoms with van der Waals surface area (Å²) in [5.74, 6) is -0.0531. The number of hydrogen-bond acceptors (Lipinski definition) is 2. The molecular formula is C21H21NO2. The fraction of sp³-hybridized carbons (Fsp3) is 0.238. The molecule has 3 rings (SSSR count). The van der Waals surface area contributed by atoms with E-state index in [4.69, 9.17) is 0 Å². The van der Waals surface area contributed by atoms with Crippen LogP contribution in [0, 0.1) is 5.92 Å². The van der Waals surface area contributed by atoms with Crippen molar-refractivity contribution in [2.75, 3.05) is 5.32 Å². The first-order valence-corrected chi connectivity index (χ1v) is 8.32. The van der Waals surface area contributed by atoms with E-state index >= 15 is 0 Å². The van der Waals surface area contributed by atoms with Crippen LogP contribution >= 0.6 is 0 Å². The molecule has 24 heavy (non-hydrogen) atoms. The molecule has 2 aromatic carbocycles. The number of carbonyl (C=O) groups excluding carboxylic acids is 2. The third-order valence-corrected chi connectivity index (χ3v) is 4.35. The maximum absolute atomic E-state index is 13.0. The molecule has 0 fully saturated rings. The van der Waals surface area contributed by atoms with Crippen LogP contribution < -0.4 is 5.32 Å². The minimum atomic E-state index is -0.115. The van der Waals surface area contributed by atoms with Gasteiger partial charge in [0.25, 0.3) is 0 Å². The summed E-state index contributed by atoms with van der Waals surface area (Å²) in [6.07, 6.45) is 5.15. The lowest BCUT2D eigenvalue weighted by Gasteiger charge is -2.24. The SMILES string of the molecule is CC(=O)Nc1ccc(C(=O)C2CCCC=C2c2ccccc2)cc1. The lowest BCUT2D eigenvalue weighted by molar-refractivity contribution is -0.114. The molecule has 1 N–H and O–H groups in total. The van der Waals surface area contributed by atoms with E-state index in [-0.39, 0.29) is 17.6 Å². The van der Waals surface area contributed by atoms with Crippen molar-refractivity contribution in [2.45, 2.75) is 26.2 Å². The Morgan fingerprint density at radius 3 is 2.38 bits per heavy atom. The Morgan fingerprint density at radius 2 is 1.71 bits per heavy atom. The predicted octanol–water partition coefficient (Wildman–Crippen LogP) is 4.71. The summed E-state index contributed by atoms with van der Waals surface area (Å²) in [7, 11) is 0. The fourth-order valence-corrected chi connectivity index (χ4v) is 3.22. The molecule has 0 aromatic heterocycles. The summed E-state index contributed by atoms with van der Waals surface area (Å²) in [6, 6.07) is 17.3. The number of anilines is 1. The summed E-state index contributed by atoms with van der Waals surface area (Å²) < 4.78 is 0. The molecule has 0 radical (unpaired) electrons. The van der Waals surface area contributed by atoms with E-state index in [1.807, 2.05) is 18.2 Å². The second-order valence-corrected chi connectivity index (χ2v) is 6.13. The largest absolute Gasteiger partial charge is 0.326 e. The van der Waals surface area contributed by atoms with Crippen LogP contribution in [0.3, 0.4) is 0 Å². The number of carbonyl (C=O) groups is 2. The van der Waals surface area contributed by atoms with Gasteiger partial charge in [-0.2, -0.15) is 0 Å². The third-order valence-electron chi connectivity index (χ3n) is 4.35. The van der Waals surface area contributed by atoms with E-state index in [0.717, 1.165) is 30.4 Å². The Bertz CT molecular complexity index is 760. The van der Waals surface area contributed by atoms with Gasteiger partial charge in [0.2, 0.25) is 5.91 Å². The molecule has 1 aliphatic rings. The smallest absolute Gasteiger partial charge is 0.221 e. The van der Waals surface area contributed by atoms with E-state index in [1.54, 1.807) is 24.3 Å². The minimum absolute atomic E-state index is 0.0900. The van der Waals surface area contributed by atoms with Gasteiger partial charge in [0.05, 0.1) is 0 Å². The zero-order valence-electron chi connectivity index (χ0n) is 13.8. The number of ketones is 1. The van der Waals surface area contributed by atoms with Crippen LogP contribution in [0.5, 0.6) is 0 Å². The zero-order valence-corrected chi connectivity index (χ0v) is 13.8. The van der Waals surface area contributed by atoms with Gasteiger partial charge in [0.1, 0.15) is 0 Å². The number of nitrogens with one attached hydrogen (secondary N) is 1. The molecule has 0 bridgehead atoms. The van der Waals surface area contributed by atoms with Crippen molar-refractivity contribution in [3.05, 3.63) is 71.8 Å². The highest BCUT2D eigenvalue weighted by molar-refractivity contribution is 6.05. The number of Topliss-reactive ketones (excluding diaryl/α,β-unsaturated/α-hetero) is 1. The van der Waals surface area contributed by atoms with Crippen LogP contribution in [0.4, 0.5) is 5.69 Å². The van der Waals surface area contributed by atoms with E-state index in [9.17, 15) is 9.59 Å². The third kappa shape index (κ3) is 3.62. The Morgan fingerprint density at radius 1 is 1.00 bits per heavy atom. The monoisotopic (exact) mass is 319 g/mol. The Kier molecular flexibility index (Phi) is 4.90. The number of benzene rings is 2. The molecular weight excluding hydrogens is 298 g/mol. The maximum Gasteiger partial charge on any atom is 0.221 e. The Balaban J connectivity index is 1.84. The zero-order chi connectivity index (χ0) is 16.9. The summed E-state index contributed by atoms with van der Waals surface area (Å²) in [5, 5.41) is 2.72. The second kappa shape index (κ2) is 7.26. The highest BCUT2D eigenvalue weighted by atomic mass is 16.1. The Labute approximate surface area is 142 Å². The van der Waals surface area contributed by atoms with E-state index in [2.05, 4.69) is 23.5 Å². The number of allylic oxidation sites excluding steroid dienone is 2. The highest BCUT2D eigenvalue weighted by Gasteiger charge is 2.26. The highest BCUT2D eigenvalue weighted by Crippen LogP contribution is 2.34. The van der Waals surface area contributed by atoms with Crippen LogP contribution in [0.25, 0.3) is 5.57 Å². The molecule has 1 aliphatic carbocycles. The van der Waals surface area contributed by atoms with Gasteiger partial charge in [-0.15, -0.1) is 0 Å². The first-order chi connectivity index (χ1) is 11.6. The predicted molar refractivity (Wildman–Crippen MR) is 96.8 cm³/mol. The van der Waals surface area contributed by atoms with Crippen LogP contribution in [0.2, 0.25) is 0 Å². The van der Waals surface area contributed by atoms with Crippen molar-refractivity contribution >= 4 is 23.0 Å². The molecule has 1 atom stereocenters. The second-order valence-electron chi connectivity index (χ2n) is 6.13. The molecule has 2 aromatic rings. The van der Waals surface area contributed by atoms with Gasteiger partial charge < -0.3 is 5.32 Å². The van der Waals surface area contributed by atoms with E-state index in [0.29, 0.717) is 11.3 Å². The standard InChI is InChI=1S/C21H21NO2/c1-15(23)22-18-13-11-17(12-14-18)21(24)20-10-6-5-9-19(20)16-7-3-2-4-8-16/h2-4,7-9,11-14,20H,5-6,10H2,1H3,(H,22,23). The van der Waals surface area contributed by atoms with E-state index in [1.165, 1.54) is 6.92 Å². The minimum Gasteiger partial charge on any atom is -0.326 e. The number of rotatable bonds is 4. The average Bonchev–Trinajstić information content (AvgIpc) is 2.62. The Hall–Kier alpha value is -2.68. The summed E-state index contributed by atoms with van der Waals surface area (Å²) in [5.41, 5.74) is 3.67. The van der Waals surface area contributed by atoms with Gasteiger partial charge in [-0.25, -0.2) is 0 Å². The normalized spacial score (nSPS) is 17.0. The summed E-state index contributed by atoms with van der Waals surface area (Å²) in [6.45, 7) is 1.47. The van der Waals surface area contributed by atoms with Crippen molar-refractivity contribution in [1.82, 2.24) is 0 Å². The molecule has 0 spiro atoms. The van der Waals surface area contributed by atoms with Crippen molar-refractivity contribution in [2.24, 2.45) is 5.92 Å². The number of hydrogen-bond donors (Lipinski definition) is 1. The molecule has 3 nitrogen and oxygen atoms in total. The molecule has 3 heteroatoms. The van der Waals surface area contributed by atoms with Gasteiger partial charge in [-0.3, -0.25) is 9.59 Å². The van der Waals surface area contributed by atoms with Crippen LogP contribution in [0.1, 0.15) is 42.1 Å². The quantitative estimate of drug-likeness (QED) is 0.829. The molecule has 1 amide bonds. The van der Waals surface area contributed by atoms with Crippen LogP contribution in [-0.4, -0.2) is 11.7 Å². The lowest BCUT2D eigenvalue weighted by atomic mass is 9.79. The first-order valence-electron chi connectivity index (χ1n) is 8.32. The van der Waals surface area contributed by atoms with Crippen LogP contribution in [-0.2, 0) is 4.79 Å². The van der Waals surface area contributed by atoms with Gasteiger partial charge >= 0.3 is 0 Å². The molecule has 0 heterocycles. The van der Waals surface area contributed by atoms with Gasteiger partial charge in [0, 0.05) is 24.1 Å². The molecule has 0 saturated heterocycles. The topological polar surface area (TPSA) is 46.2 Å². The molecule has 1 unspecified atom stereocenters. The van der Waals surface area contributed by atoms with Crippen molar-refractivity contribution in [3.63, 3.8) is 0 Å². The van der Waals surface area contributed by atoms with Gasteiger partial charge in [0.15, 0.2) is 5.78 Å². The summed E-state index contributed by atoms with van der Waals surface area (Å²) >= 11 is 0. The van der Waals surface area contributed by atoms with Crippen molar-refractivity contribution in [3.8, 4) is 0 Å². The summed E-state index contributed by atoms with van der Waals surface area (Å²) in [4.78, 5) is 24.1.